The number of ether oxygens (including phenoxy) is 1. The largest absolute Gasteiger partial charge is 0.496 e. The molecular weight excluding hydrogens is 198 g/mol. The van der Waals surface area contributed by atoms with Crippen molar-refractivity contribution in [1.29, 1.82) is 0 Å². The zero-order chi connectivity index (χ0) is 11.5. The molecule has 2 nitrogen and oxygen atoms in total. The fourth-order valence-electron chi connectivity index (χ4n) is 2.25. The van der Waals surface area contributed by atoms with Gasteiger partial charge in [0.2, 0.25) is 0 Å². The van der Waals surface area contributed by atoms with Crippen LogP contribution in [0.3, 0.4) is 0 Å². The summed E-state index contributed by atoms with van der Waals surface area (Å²) in [5.41, 5.74) is 9.77. The van der Waals surface area contributed by atoms with Gasteiger partial charge in [0.15, 0.2) is 0 Å². The minimum Gasteiger partial charge on any atom is -0.496 e. The fourth-order valence-corrected chi connectivity index (χ4v) is 2.25. The van der Waals surface area contributed by atoms with Gasteiger partial charge in [0, 0.05) is 11.6 Å². The lowest BCUT2D eigenvalue weighted by atomic mass is 9.90. The average Bonchev–Trinajstić information content (AvgIpc) is 2.29. The van der Waals surface area contributed by atoms with E-state index < -0.39 is 0 Å². The Morgan fingerprint density at radius 1 is 1.38 bits per heavy atom. The molecule has 2 rings (SSSR count). The van der Waals surface area contributed by atoms with Gasteiger partial charge in [-0.15, -0.1) is 0 Å². The van der Waals surface area contributed by atoms with Crippen LogP contribution in [-0.4, -0.2) is 13.2 Å². The molecule has 0 bridgehead atoms. The van der Waals surface area contributed by atoms with E-state index in [1.807, 2.05) is 6.07 Å². The van der Waals surface area contributed by atoms with E-state index in [4.69, 9.17) is 10.5 Å². The number of aryl methyl sites for hydroxylation is 1. The first-order chi connectivity index (χ1) is 7.70. The van der Waals surface area contributed by atoms with E-state index in [0.29, 0.717) is 0 Å². The Bertz CT molecular complexity index is 409. The normalized spacial score (nSPS) is 20.4. The number of hydrogen-bond acceptors (Lipinski definition) is 2. The fraction of sp³-hybridized carbons (Fsp3) is 0.429. The van der Waals surface area contributed by atoms with Gasteiger partial charge < -0.3 is 10.5 Å². The van der Waals surface area contributed by atoms with Gasteiger partial charge in [-0.25, -0.2) is 0 Å². The molecule has 1 aromatic carbocycles. The molecule has 0 spiro atoms. The van der Waals surface area contributed by atoms with Crippen LogP contribution in [0.25, 0.3) is 5.57 Å². The van der Waals surface area contributed by atoms with Crippen molar-refractivity contribution >= 4 is 5.57 Å². The minimum absolute atomic E-state index is 0.203. The molecule has 86 valence electrons. The Kier molecular flexibility index (Phi) is 3.30. The third-order valence-corrected chi connectivity index (χ3v) is 3.10. The quantitative estimate of drug-likeness (QED) is 0.826. The summed E-state index contributed by atoms with van der Waals surface area (Å²) in [6, 6.07) is 6.49. The van der Waals surface area contributed by atoms with E-state index in [-0.39, 0.29) is 6.04 Å². The lowest BCUT2D eigenvalue weighted by molar-refractivity contribution is 0.413. The summed E-state index contributed by atoms with van der Waals surface area (Å²) in [6.07, 6.45) is 5.55. The summed E-state index contributed by atoms with van der Waals surface area (Å²) in [5.74, 6) is 0.950. The molecule has 0 radical (unpaired) electrons. The molecule has 2 N–H and O–H groups in total. The second kappa shape index (κ2) is 4.71. The summed E-state index contributed by atoms with van der Waals surface area (Å²) < 4.78 is 5.41. The van der Waals surface area contributed by atoms with Crippen molar-refractivity contribution in [2.45, 2.75) is 32.2 Å². The third-order valence-electron chi connectivity index (χ3n) is 3.10. The molecule has 1 atom stereocenters. The predicted molar refractivity (Wildman–Crippen MR) is 67.5 cm³/mol. The van der Waals surface area contributed by atoms with Gasteiger partial charge in [-0.1, -0.05) is 17.7 Å². The lowest BCUT2D eigenvalue weighted by Crippen LogP contribution is -2.20. The Hall–Kier alpha value is -1.28. The molecule has 0 aromatic heterocycles. The highest BCUT2D eigenvalue weighted by Crippen LogP contribution is 2.33. The van der Waals surface area contributed by atoms with Crippen LogP contribution in [0.15, 0.2) is 24.3 Å². The van der Waals surface area contributed by atoms with Gasteiger partial charge in [-0.05, 0) is 43.9 Å². The molecule has 1 aliphatic rings. The van der Waals surface area contributed by atoms with E-state index in [2.05, 4.69) is 25.1 Å². The second-order valence-corrected chi connectivity index (χ2v) is 4.45. The molecule has 0 aliphatic heterocycles. The van der Waals surface area contributed by atoms with Crippen LogP contribution in [-0.2, 0) is 0 Å². The van der Waals surface area contributed by atoms with Crippen molar-refractivity contribution in [2.75, 3.05) is 7.11 Å². The predicted octanol–water partition coefficient (Wildman–Crippen LogP) is 2.90. The standard InChI is InChI=1S/C14H19NO/c1-10-6-7-14(16-2)13(8-10)11-4-3-5-12(15)9-11/h6-9,12H,3-5,15H2,1-2H3. The van der Waals surface area contributed by atoms with Crippen LogP contribution in [0.5, 0.6) is 5.75 Å². The van der Waals surface area contributed by atoms with Crippen LogP contribution in [0.2, 0.25) is 0 Å². The van der Waals surface area contributed by atoms with Crippen molar-refractivity contribution in [3.8, 4) is 5.75 Å². The van der Waals surface area contributed by atoms with E-state index in [9.17, 15) is 0 Å². The summed E-state index contributed by atoms with van der Waals surface area (Å²) >= 11 is 0. The first kappa shape index (κ1) is 11.2. The number of nitrogens with two attached hydrogens (primary N) is 1. The molecule has 2 heteroatoms. The molecule has 1 aromatic rings. The van der Waals surface area contributed by atoms with Crippen LogP contribution in [0.1, 0.15) is 30.4 Å². The first-order valence-corrected chi connectivity index (χ1v) is 5.82. The van der Waals surface area contributed by atoms with Gasteiger partial charge in [-0.3, -0.25) is 0 Å². The maximum absolute atomic E-state index is 5.97. The molecule has 0 heterocycles. The van der Waals surface area contributed by atoms with Crippen molar-refractivity contribution in [3.63, 3.8) is 0 Å². The maximum atomic E-state index is 5.97. The molecule has 0 amide bonds. The lowest BCUT2D eigenvalue weighted by Gasteiger charge is -2.20. The van der Waals surface area contributed by atoms with E-state index in [0.717, 1.165) is 18.6 Å². The van der Waals surface area contributed by atoms with Gasteiger partial charge in [0.05, 0.1) is 7.11 Å². The summed E-state index contributed by atoms with van der Waals surface area (Å²) in [7, 11) is 1.72. The number of rotatable bonds is 2. The Morgan fingerprint density at radius 3 is 2.88 bits per heavy atom. The highest BCUT2D eigenvalue weighted by Gasteiger charge is 2.14. The molecule has 16 heavy (non-hydrogen) atoms. The average molecular weight is 217 g/mol. The number of allylic oxidation sites excluding steroid dienone is 1. The molecular formula is C14H19NO. The van der Waals surface area contributed by atoms with Crippen molar-refractivity contribution in [3.05, 3.63) is 35.4 Å². The van der Waals surface area contributed by atoms with Gasteiger partial charge >= 0.3 is 0 Å². The first-order valence-electron chi connectivity index (χ1n) is 5.82. The molecule has 0 saturated heterocycles. The van der Waals surface area contributed by atoms with Gasteiger partial charge in [-0.2, -0.15) is 0 Å². The number of methoxy groups -OCH3 is 1. The smallest absolute Gasteiger partial charge is 0.126 e. The summed E-state index contributed by atoms with van der Waals surface area (Å²) in [5, 5.41) is 0. The van der Waals surface area contributed by atoms with Gasteiger partial charge in [0.25, 0.3) is 0 Å². The van der Waals surface area contributed by atoms with Crippen LogP contribution < -0.4 is 10.5 Å². The van der Waals surface area contributed by atoms with Crippen molar-refractivity contribution < 1.29 is 4.74 Å². The van der Waals surface area contributed by atoms with Gasteiger partial charge in [0.1, 0.15) is 5.75 Å². The zero-order valence-electron chi connectivity index (χ0n) is 9.99. The molecule has 1 aliphatic carbocycles. The van der Waals surface area contributed by atoms with Crippen LogP contribution in [0, 0.1) is 6.92 Å². The van der Waals surface area contributed by atoms with Crippen LogP contribution >= 0.6 is 0 Å². The van der Waals surface area contributed by atoms with E-state index >= 15 is 0 Å². The molecule has 1 unspecified atom stereocenters. The molecule has 0 fully saturated rings. The van der Waals surface area contributed by atoms with Crippen molar-refractivity contribution in [2.24, 2.45) is 5.73 Å². The maximum Gasteiger partial charge on any atom is 0.126 e. The Balaban J connectivity index is 2.41. The topological polar surface area (TPSA) is 35.2 Å². The SMILES string of the molecule is COc1ccc(C)cc1C1=CC(N)CCC1. The summed E-state index contributed by atoms with van der Waals surface area (Å²) in [4.78, 5) is 0. The monoisotopic (exact) mass is 217 g/mol. The second-order valence-electron chi connectivity index (χ2n) is 4.45. The van der Waals surface area contributed by atoms with Crippen LogP contribution in [0.4, 0.5) is 0 Å². The van der Waals surface area contributed by atoms with Crippen molar-refractivity contribution in [1.82, 2.24) is 0 Å². The Morgan fingerprint density at radius 2 is 2.19 bits per heavy atom. The minimum atomic E-state index is 0.203. The zero-order valence-corrected chi connectivity index (χ0v) is 9.99. The number of benzene rings is 1. The highest BCUT2D eigenvalue weighted by atomic mass is 16.5. The molecule has 0 saturated carbocycles. The number of hydrogen-bond donors (Lipinski definition) is 1. The van der Waals surface area contributed by atoms with E-state index in [1.54, 1.807) is 7.11 Å². The third kappa shape index (κ3) is 2.27. The highest BCUT2D eigenvalue weighted by molar-refractivity contribution is 5.72. The summed E-state index contributed by atoms with van der Waals surface area (Å²) in [6.45, 7) is 2.10. The van der Waals surface area contributed by atoms with E-state index in [1.165, 1.54) is 23.1 Å². The Labute approximate surface area is 97.1 Å².